The van der Waals surface area contributed by atoms with Gasteiger partial charge in [0.05, 0.1) is 35.1 Å². The van der Waals surface area contributed by atoms with Gasteiger partial charge in [-0.25, -0.2) is 19.2 Å². The Morgan fingerprint density at radius 2 is 1.63 bits per heavy atom. The number of aromatic nitrogens is 2. The summed E-state index contributed by atoms with van der Waals surface area (Å²) in [5.41, 5.74) is 3.17. The van der Waals surface area contributed by atoms with Crippen molar-refractivity contribution in [3.05, 3.63) is 64.7 Å². The number of rotatable bonds is 5. The summed E-state index contributed by atoms with van der Waals surface area (Å²) in [4.78, 5) is 33.1. The van der Waals surface area contributed by atoms with Gasteiger partial charge >= 0.3 is 5.97 Å². The Balaban J connectivity index is 1.71. The highest BCUT2D eigenvalue weighted by Crippen LogP contribution is 2.18. The number of hydrogen-bond acceptors (Lipinski definition) is 6. The smallest absolute Gasteiger partial charge is 0.338 e. The van der Waals surface area contributed by atoms with Crippen LogP contribution in [0.15, 0.2) is 36.4 Å². The molecule has 7 heteroatoms. The summed E-state index contributed by atoms with van der Waals surface area (Å²) in [5.74, 6) is -1.81. The molecule has 0 aliphatic carbocycles. The van der Waals surface area contributed by atoms with Gasteiger partial charge in [0.1, 0.15) is 0 Å². The summed E-state index contributed by atoms with van der Waals surface area (Å²) >= 11 is 0. The van der Waals surface area contributed by atoms with Crippen LogP contribution in [0.4, 0.5) is 4.39 Å². The molecule has 0 amide bonds. The summed E-state index contributed by atoms with van der Waals surface area (Å²) in [7, 11) is 1.33. The zero-order valence-corrected chi connectivity index (χ0v) is 15.1. The number of hydrogen-bond donors (Lipinski definition) is 0. The molecule has 0 atom stereocenters. The molecular formula is C20H17FN2O4. The number of benzene rings is 2. The molecule has 2 aromatic carbocycles. The number of carbonyl (C=O) groups excluding carboxylic acids is 2. The van der Waals surface area contributed by atoms with Crippen molar-refractivity contribution in [3.8, 4) is 5.75 Å². The Morgan fingerprint density at radius 1 is 0.963 bits per heavy atom. The Hall–Kier alpha value is -3.35. The van der Waals surface area contributed by atoms with Crippen molar-refractivity contribution in [1.29, 1.82) is 0 Å². The molecule has 0 radical (unpaired) electrons. The molecule has 3 aromatic rings. The highest BCUT2D eigenvalue weighted by atomic mass is 19.1. The predicted molar refractivity (Wildman–Crippen MR) is 96.6 cm³/mol. The fraction of sp³-hybridized carbons (Fsp3) is 0.200. The Morgan fingerprint density at radius 3 is 2.30 bits per heavy atom. The summed E-state index contributed by atoms with van der Waals surface area (Å²) in [6, 6.07) is 8.60. The average molecular weight is 368 g/mol. The molecule has 138 valence electrons. The minimum absolute atomic E-state index is 0.0337. The van der Waals surface area contributed by atoms with Crippen LogP contribution in [0.25, 0.3) is 11.0 Å². The summed E-state index contributed by atoms with van der Waals surface area (Å²) in [6.07, 6.45) is 0. The number of methoxy groups -OCH3 is 1. The minimum Gasteiger partial charge on any atom is -0.494 e. The molecule has 1 aromatic heterocycles. The van der Waals surface area contributed by atoms with Gasteiger partial charge in [-0.1, -0.05) is 0 Å². The lowest BCUT2D eigenvalue weighted by molar-refractivity contribution is 0.0475. The lowest BCUT2D eigenvalue weighted by Crippen LogP contribution is -2.14. The van der Waals surface area contributed by atoms with Gasteiger partial charge in [0.2, 0.25) is 0 Å². The number of nitrogens with zero attached hydrogens (tertiary/aromatic N) is 2. The van der Waals surface area contributed by atoms with Crippen molar-refractivity contribution in [2.24, 2.45) is 0 Å². The molecule has 0 saturated carbocycles. The number of esters is 1. The maximum absolute atomic E-state index is 13.7. The number of halogens is 1. The third-order valence-corrected chi connectivity index (χ3v) is 4.12. The maximum atomic E-state index is 13.7. The van der Waals surface area contributed by atoms with E-state index >= 15 is 0 Å². The second kappa shape index (κ2) is 7.49. The van der Waals surface area contributed by atoms with Gasteiger partial charge in [0.15, 0.2) is 24.0 Å². The third-order valence-electron chi connectivity index (χ3n) is 4.12. The van der Waals surface area contributed by atoms with Gasteiger partial charge < -0.3 is 9.47 Å². The van der Waals surface area contributed by atoms with Gasteiger partial charge in [0.25, 0.3) is 0 Å². The van der Waals surface area contributed by atoms with Gasteiger partial charge in [-0.15, -0.1) is 0 Å². The first-order chi connectivity index (χ1) is 12.9. The van der Waals surface area contributed by atoms with Crippen LogP contribution < -0.4 is 4.74 Å². The molecule has 0 bridgehead atoms. The van der Waals surface area contributed by atoms with Gasteiger partial charge in [-0.3, -0.25) is 4.79 Å². The normalized spacial score (nSPS) is 10.7. The minimum atomic E-state index is -0.667. The topological polar surface area (TPSA) is 78.4 Å². The molecule has 27 heavy (non-hydrogen) atoms. The van der Waals surface area contributed by atoms with E-state index in [-0.39, 0.29) is 16.9 Å². The molecule has 0 spiro atoms. The Bertz CT molecular complexity index is 1050. The van der Waals surface area contributed by atoms with Crippen molar-refractivity contribution in [3.63, 3.8) is 0 Å². The Kier molecular flexibility index (Phi) is 5.12. The zero-order valence-electron chi connectivity index (χ0n) is 15.1. The van der Waals surface area contributed by atoms with E-state index in [4.69, 9.17) is 9.47 Å². The SMILES string of the molecule is COc1ccc(C(=O)COC(=O)c2ccc3nc(C)c(C)nc3c2)cc1F. The predicted octanol–water partition coefficient (Wildman–Crippen LogP) is 3.43. The number of aryl methyl sites for hydroxylation is 2. The van der Waals surface area contributed by atoms with E-state index in [0.29, 0.717) is 11.0 Å². The first-order valence-corrected chi connectivity index (χ1v) is 8.18. The van der Waals surface area contributed by atoms with Crippen molar-refractivity contribution in [2.45, 2.75) is 13.8 Å². The van der Waals surface area contributed by atoms with Crippen LogP contribution in [-0.4, -0.2) is 35.4 Å². The van der Waals surface area contributed by atoms with Crippen molar-refractivity contribution in [1.82, 2.24) is 9.97 Å². The van der Waals surface area contributed by atoms with Crippen molar-refractivity contribution < 1.29 is 23.5 Å². The van der Waals surface area contributed by atoms with E-state index in [2.05, 4.69) is 9.97 Å². The number of Topliss-reactive ketones (excluding diaryl/α,β-unsaturated/α-hetero) is 1. The van der Waals surface area contributed by atoms with E-state index in [9.17, 15) is 14.0 Å². The Labute approximate surface area is 155 Å². The number of fused-ring (bicyclic) bond motifs is 1. The number of ether oxygens (including phenoxy) is 2. The zero-order chi connectivity index (χ0) is 19.6. The molecular weight excluding hydrogens is 351 g/mol. The lowest BCUT2D eigenvalue weighted by Gasteiger charge is -2.07. The molecule has 0 fully saturated rings. The third kappa shape index (κ3) is 3.92. The largest absolute Gasteiger partial charge is 0.494 e. The van der Waals surface area contributed by atoms with E-state index in [1.54, 1.807) is 18.2 Å². The molecule has 0 unspecified atom stereocenters. The standard InChI is InChI=1S/C20H17FN2O4/c1-11-12(2)23-17-9-14(4-6-16(17)22-11)20(25)27-10-18(24)13-5-7-19(26-3)15(21)8-13/h4-9H,10H2,1-3H3. The van der Waals surface area contributed by atoms with Gasteiger partial charge in [-0.05, 0) is 50.2 Å². The lowest BCUT2D eigenvalue weighted by atomic mass is 10.1. The quantitative estimate of drug-likeness (QED) is 0.507. The van der Waals surface area contributed by atoms with Crippen LogP contribution in [0.2, 0.25) is 0 Å². The average Bonchev–Trinajstić information content (AvgIpc) is 2.66. The van der Waals surface area contributed by atoms with Gasteiger partial charge in [0, 0.05) is 5.56 Å². The van der Waals surface area contributed by atoms with Crippen LogP contribution in [0, 0.1) is 19.7 Å². The van der Waals surface area contributed by atoms with Crippen LogP contribution >= 0.6 is 0 Å². The number of ketones is 1. The highest BCUT2D eigenvalue weighted by molar-refractivity contribution is 6.00. The second-order valence-corrected chi connectivity index (χ2v) is 5.95. The monoisotopic (exact) mass is 368 g/mol. The molecule has 0 saturated heterocycles. The summed E-state index contributed by atoms with van der Waals surface area (Å²) in [5, 5.41) is 0. The maximum Gasteiger partial charge on any atom is 0.338 e. The molecule has 0 aliphatic rings. The first-order valence-electron chi connectivity index (χ1n) is 8.18. The summed E-state index contributed by atoms with van der Waals surface area (Å²) < 4.78 is 23.5. The van der Waals surface area contributed by atoms with E-state index < -0.39 is 24.2 Å². The van der Waals surface area contributed by atoms with Crippen molar-refractivity contribution in [2.75, 3.05) is 13.7 Å². The van der Waals surface area contributed by atoms with Crippen molar-refractivity contribution >= 4 is 22.8 Å². The summed E-state index contributed by atoms with van der Waals surface area (Å²) in [6.45, 7) is 3.19. The van der Waals surface area contributed by atoms with Crippen LogP contribution in [-0.2, 0) is 4.74 Å². The molecule has 0 aliphatic heterocycles. The molecule has 3 rings (SSSR count). The second-order valence-electron chi connectivity index (χ2n) is 5.95. The molecule has 0 N–H and O–H groups in total. The van der Waals surface area contributed by atoms with Crippen LogP contribution in [0.3, 0.4) is 0 Å². The molecule has 1 heterocycles. The van der Waals surface area contributed by atoms with Gasteiger partial charge in [-0.2, -0.15) is 0 Å². The van der Waals surface area contributed by atoms with Crippen LogP contribution in [0.5, 0.6) is 5.75 Å². The fourth-order valence-corrected chi connectivity index (χ4v) is 2.50. The highest BCUT2D eigenvalue weighted by Gasteiger charge is 2.15. The number of carbonyl (C=O) groups is 2. The molecule has 6 nitrogen and oxygen atoms in total. The van der Waals surface area contributed by atoms with Crippen LogP contribution in [0.1, 0.15) is 32.1 Å². The van der Waals surface area contributed by atoms with E-state index in [0.717, 1.165) is 17.5 Å². The van der Waals surface area contributed by atoms with E-state index in [1.165, 1.54) is 19.2 Å². The first kappa shape index (κ1) is 18.4. The fourth-order valence-electron chi connectivity index (χ4n) is 2.50. The van der Waals surface area contributed by atoms with E-state index in [1.807, 2.05) is 13.8 Å².